The lowest BCUT2D eigenvalue weighted by molar-refractivity contribution is 0.596. The number of rotatable bonds is 6. The summed E-state index contributed by atoms with van der Waals surface area (Å²) >= 11 is 0. The lowest BCUT2D eigenvalue weighted by atomic mass is 9.92. The van der Waals surface area contributed by atoms with Gasteiger partial charge in [0.1, 0.15) is 5.82 Å². The molecule has 1 aliphatic carbocycles. The van der Waals surface area contributed by atoms with E-state index < -0.39 is 0 Å². The summed E-state index contributed by atoms with van der Waals surface area (Å²) in [6, 6.07) is 3.55. The zero-order chi connectivity index (χ0) is 14.5. The van der Waals surface area contributed by atoms with E-state index in [0.717, 1.165) is 36.3 Å². The zero-order valence-electron chi connectivity index (χ0n) is 12.9. The Morgan fingerprint density at radius 2 is 2.10 bits per heavy atom. The molecule has 1 fully saturated rings. The molecule has 0 bridgehead atoms. The van der Waals surface area contributed by atoms with Gasteiger partial charge < -0.3 is 0 Å². The molecule has 0 unspecified atom stereocenters. The number of benzene rings is 1. The second kappa shape index (κ2) is 6.88. The second-order valence-electron chi connectivity index (χ2n) is 5.75. The van der Waals surface area contributed by atoms with E-state index in [1.807, 2.05) is 13.0 Å². The Bertz CT molecular complexity index is 519. The molecule has 0 atom stereocenters. The van der Waals surface area contributed by atoms with E-state index in [1.54, 1.807) is 6.07 Å². The van der Waals surface area contributed by atoms with Crippen molar-refractivity contribution in [2.24, 2.45) is 5.92 Å². The molecule has 2 rings (SSSR count). The first kappa shape index (κ1) is 15.0. The van der Waals surface area contributed by atoms with Crippen LogP contribution >= 0.6 is 0 Å². The topological polar surface area (TPSA) is 0 Å². The van der Waals surface area contributed by atoms with Crippen LogP contribution in [-0.2, 0) is 6.42 Å². The maximum absolute atomic E-state index is 14.2. The number of hydrogen-bond acceptors (Lipinski definition) is 0. The molecule has 0 radical (unpaired) electrons. The minimum absolute atomic E-state index is 0.0472. The van der Waals surface area contributed by atoms with Gasteiger partial charge in [-0.05, 0) is 67.4 Å². The maximum atomic E-state index is 14.2. The lowest BCUT2D eigenvalue weighted by Crippen LogP contribution is -2.00. The fourth-order valence-electron chi connectivity index (χ4n) is 2.57. The van der Waals surface area contributed by atoms with E-state index >= 15 is 0 Å². The SMILES string of the molecule is C/C=C(/C)c1ccc(F)c(CCC2CC2)c1/C=C/CC. The Balaban J connectivity index is 2.41. The lowest BCUT2D eigenvalue weighted by Gasteiger charge is -2.14. The van der Waals surface area contributed by atoms with Crippen molar-refractivity contribution in [3.8, 4) is 0 Å². The summed E-state index contributed by atoms with van der Waals surface area (Å²) in [7, 11) is 0. The molecule has 1 heteroatoms. The zero-order valence-corrected chi connectivity index (χ0v) is 12.9. The van der Waals surface area contributed by atoms with E-state index in [2.05, 4.69) is 32.1 Å². The van der Waals surface area contributed by atoms with E-state index in [1.165, 1.54) is 24.0 Å². The summed E-state index contributed by atoms with van der Waals surface area (Å²) in [5.74, 6) is 0.790. The third-order valence-electron chi connectivity index (χ3n) is 4.18. The smallest absolute Gasteiger partial charge is 0.127 e. The summed E-state index contributed by atoms with van der Waals surface area (Å²) in [6.45, 7) is 6.25. The fraction of sp³-hybridized carbons (Fsp3) is 0.474. The van der Waals surface area contributed by atoms with Gasteiger partial charge in [0, 0.05) is 0 Å². The second-order valence-corrected chi connectivity index (χ2v) is 5.75. The molecule has 0 nitrogen and oxygen atoms in total. The summed E-state index contributed by atoms with van der Waals surface area (Å²) in [5.41, 5.74) is 4.38. The Labute approximate surface area is 122 Å². The molecule has 1 saturated carbocycles. The molecule has 0 aliphatic heterocycles. The van der Waals surface area contributed by atoms with E-state index in [0.29, 0.717) is 0 Å². The summed E-state index contributed by atoms with van der Waals surface area (Å²) in [4.78, 5) is 0. The largest absolute Gasteiger partial charge is 0.207 e. The highest BCUT2D eigenvalue weighted by molar-refractivity contribution is 5.75. The molecule has 20 heavy (non-hydrogen) atoms. The van der Waals surface area contributed by atoms with Crippen molar-refractivity contribution < 1.29 is 4.39 Å². The predicted octanol–water partition coefficient (Wildman–Crippen LogP) is 6.01. The molecule has 0 aromatic heterocycles. The third-order valence-corrected chi connectivity index (χ3v) is 4.18. The standard InChI is InChI=1S/C19H25F/c1-4-6-7-17-16(14(3)5-2)12-13-19(20)18(17)11-10-15-8-9-15/h5-7,12-13,15H,4,8-11H2,1-3H3/b7-6+,14-5-. The number of hydrogen-bond donors (Lipinski definition) is 0. The molecule has 1 aromatic carbocycles. The third kappa shape index (κ3) is 3.59. The van der Waals surface area contributed by atoms with Crippen LogP contribution in [0.1, 0.15) is 63.1 Å². The summed E-state index contributed by atoms with van der Waals surface area (Å²) < 4.78 is 14.2. The normalized spacial score (nSPS) is 16.1. The van der Waals surface area contributed by atoms with Gasteiger partial charge >= 0.3 is 0 Å². The molecule has 0 saturated heterocycles. The Kier molecular flexibility index (Phi) is 5.17. The minimum atomic E-state index is -0.0472. The Morgan fingerprint density at radius 1 is 1.35 bits per heavy atom. The van der Waals surface area contributed by atoms with Gasteiger partial charge in [-0.25, -0.2) is 4.39 Å². The average molecular weight is 272 g/mol. The van der Waals surface area contributed by atoms with Crippen LogP contribution in [0.5, 0.6) is 0 Å². The van der Waals surface area contributed by atoms with Gasteiger partial charge in [-0.2, -0.15) is 0 Å². The van der Waals surface area contributed by atoms with E-state index in [9.17, 15) is 4.39 Å². The highest BCUT2D eigenvalue weighted by Gasteiger charge is 2.22. The first-order valence-corrected chi connectivity index (χ1v) is 7.78. The van der Waals surface area contributed by atoms with Crippen molar-refractivity contribution in [3.05, 3.63) is 46.8 Å². The van der Waals surface area contributed by atoms with Crippen LogP contribution in [0, 0.1) is 11.7 Å². The molecule has 1 aliphatic rings. The average Bonchev–Trinajstić information content (AvgIpc) is 3.27. The number of halogens is 1. The molecular formula is C19H25F. The fourth-order valence-corrected chi connectivity index (χ4v) is 2.57. The highest BCUT2D eigenvalue weighted by atomic mass is 19.1. The quantitative estimate of drug-likeness (QED) is 0.594. The van der Waals surface area contributed by atoms with Crippen molar-refractivity contribution in [1.29, 1.82) is 0 Å². The van der Waals surface area contributed by atoms with Crippen LogP contribution in [0.15, 0.2) is 24.3 Å². The molecular weight excluding hydrogens is 247 g/mol. The van der Waals surface area contributed by atoms with Gasteiger partial charge in [-0.15, -0.1) is 0 Å². The van der Waals surface area contributed by atoms with Gasteiger partial charge in [0.15, 0.2) is 0 Å². The molecule has 0 N–H and O–H groups in total. The molecule has 0 spiro atoms. The van der Waals surface area contributed by atoms with Crippen LogP contribution in [0.4, 0.5) is 4.39 Å². The first-order chi connectivity index (χ1) is 9.67. The van der Waals surface area contributed by atoms with Crippen molar-refractivity contribution in [3.63, 3.8) is 0 Å². The minimum Gasteiger partial charge on any atom is -0.207 e. The first-order valence-electron chi connectivity index (χ1n) is 7.78. The maximum Gasteiger partial charge on any atom is 0.127 e. The summed E-state index contributed by atoms with van der Waals surface area (Å²) in [6.07, 6.45) is 12.0. The Morgan fingerprint density at radius 3 is 2.70 bits per heavy atom. The van der Waals surface area contributed by atoms with Gasteiger partial charge in [-0.3, -0.25) is 0 Å². The monoisotopic (exact) mass is 272 g/mol. The number of allylic oxidation sites excluding steroid dienone is 3. The highest BCUT2D eigenvalue weighted by Crippen LogP contribution is 2.35. The van der Waals surface area contributed by atoms with Crippen LogP contribution in [0.3, 0.4) is 0 Å². The van der Waals surface area contributed by atoms with E-state index in [4.69, 9.17) is 0 Å². The van der Waals surface area contributed by atoms with Crippen LogP contribution < -0.4 is 0 Å². The molecule has 1 aromatic rings. The molecule has 108 valence electrons. The van der Waals surface area contributed by atoms with Crippen LogP contribution in [0.2, 0.25) is 0 Å². The van der Waals surface area contributed by atoms with Gasteiger partial charge in [0.05, 0.1) is 0 Å². The molecule has 0 amide bonds. The Hall–Kier alpha value is -1.37. The van der Waals surface area contributed by atoms with Crippen LogP contribution in [0.25, 0.3) is 11.6 Å². The van der Waals surface area contributed by atoms with Gasteiger partial charge in [-0.1, -0.05) is 44.1 Å². The van der Waals surface area contributed by atoms with Crippen molar-refractivity contribution in [2.75, 3.05) is 0 Å². The molecule has 0 heterocycles. The summed E-state index contributed by atoms with van der Waals surface area (Å²) in [5, 5.41) is 0. The van der Waals surface area contributed by atoms with Crippen molar-refractivity contribution in [2.45, 2.75) is 52.9 Å². The van der Waals surface area contributed by atoms with Crippen molar-refractivity contribution in [1.82, 2.24) is 0 Å². The van der Waals surface area contributed by atoms with E-state index in [-0.39, 0.29) is 5.82 Å². The van der Waals surface area contributed by atoms with Gasteiger partial charge in [0.2, 0.25) is 0 Å². The van der Waals surface area contributed by atoms with Crippen molar-refractivity contribution >= 4 is 11.6 Å². The van der Waals surface area contributed by atoms with Crippen LogP contribution in [-0.4, -0.2) is 0 Å². The predicted molar refractivity (Wildman–Crippen MR) is 86.1 cm³/mol. The van der Waals surface area contributed by atoms with Gasteiger partial charge in [0.25, 0.3) is 0 Å².